The molecule has 0 unspecified atom stereocenters. The maximum atomic E-state index is 13.1. The lowest BCUT2D eigenvalue weighted by Gasteiger charge is -2.05. The average molecular weight is 284 g/mol. The average Bonchev–Trinajstić information content (AvgIpc) is 2.72. The summed E-state index contributed by atoms with van der Waals surface area (Å²) in [6.07, 6.45) is 1.01. The SMILES string of the molecule is NS(=O)(=O)n1ccc(-c2cccc(F)c2)c1C(=O)O. The van der Waals surface area contributed by atoms with Crippen molar-refractivity contribution in [2.45, 2.75) is 0 Å². The van der Waals surface area contributed by atoms with Gasteiger partial charge in [0.2, 0.25) is 0 Å². The summed E-state index contributed by atoms with van der Waals surface area (Å²) in [5.41, 5.74) is -0.214. The molecule has 100 valence electrons. The molecule has 3 N–H and O–H groups in total. The van der Waals surface area contributed by atoms with E-state index in [0.29, 0.717) is 3.97 Å². The Morgan fingerprint density at radius 2 is 2.00 bits per heavy atom. The van der Waals surface area contributed by atoms with E-state index < -0.39 is 27.7 Å². The molecule has 0 aliphatic carbocycles. The summed E-state index contributed by atoms with van der Waals surface area (Å²) in [4.78, 5) is 11.2. The highest BCUT2D eigenvalue weighted by atomic mass is 32.2. The zero-order valence-electron chi connectivity index (χ0n) is 9.45. The molecule has 0 amide bonds. The third-order valence-electron chi connectivity index (χ3n) is 2.46. The number of aromatic carboxylic acids is 1. The summed E-state index contributed by atoms with van der Waals surface area (Å²) in [6, 6.07) is 6.42. The van der Waals surface area contributed by atoms with E-state index in [0.717, 1.165) is 12.3 Å². The van der Waals surface area contributed by atoms with E-state index in [-0.39, 0.29) is 11.1 Å². The maximum Gasteiger partial charge on any atom is 0.354 e. The Morgan fingerprint density at radius 1 is 1.32 bits per heavy atom. The lowest BCUT2D eigenvalue weighted by atomic mass is 10.1. The summed E-state index contributed by atoms with van der Waals surface area (Å²) in [7, 11) is -4.23. The quantitative estimate of drug-likeness (QED) is 0.879. The van der Waals surface area contributed by atoms with E-state index in [1.165, 1.54) is 24.3 Å². The van der Waals surface area contributed by atoms with Crippen LogP contribution < -0.4 is 5.14 Å². The van der Waals surface area contributed by atoms with Gasteiger partial charge in [-0.3, -0.25) is 0 Å². The maximum absolute atomic E-state index is 13.1. The number of nitrogens with two attached hydrogens (primary N) is 1. The molecular weight excluding hydrogens is 275 g/mol. The van der Waals surface area contributed by atoms with Gasteiger partial charge in [0.25, 0.3) is 0 Å². The first kappa shape index (κ1) is 13.2. The Hall–Kier alpha value is -2.19. The molecule has 0 aliphatic heterocycles. The Bertz CT molecular complexity index is 752. The molecule has 0 saturated carbocycles. The Kier molecular flexibility index (Phi) is 3.13. The molecule has 6 nitrogen and oxygen atoms in total. The Balaban J connectivity index is 2.73. The summed E-state index contributed by atoms with van der Waals surface area (Å²) < 4.78 is 36.1. The minimum Gasteiger partial charge on any atom is -0.477 e. The molecule has 2 rings (SSSR count). The molecule has 1 aromatic heterocycles. The molecule has 0 saturated heterocycles. The van der Waals surface area contributed by atoms with Gasteiger partial charge in [0.15, 0.2) is 5.69 Å². The number of carbonyl (C=O) groups is 1. The van der Waals surface area contributed by atoms with E-state index in [9.17, 15) is 17.6 Å². The lowest BCUT2D eigenvalue weighted by molar-refractivity contribution is 0.0690. The van der Waals surface area contributed by atoms with Crippen LogP contribution in [-0.4, -0.2) is 23.5 Å². The number of carboxylic acid groups (broad SMARTS) is 1. The van der Waals surface area contributed by atoms with Crippen molar-refractivity contribution in [1.29, 1.82) is 0 Å². The van der Waals surface area contributed by atoms with Crippen LogP contribution in [0.2, 0.25) is 0 Å². The van der Waals surface area contributed by atoms with Crippen LogP contribution in [0.5, 0.6) is 0 Å². The second-order valence-corrected chi connectivity index (χ2v) is 5.16. The second-order valence-electron chi connectivity index (χ2n) is 3.73. The van der Waals surface area contributed by atoms with E-state index in [2.05, 4.69) is 0 Å². The zero-order chi connectivity index (χ0) is 14.2. The predicted octanol–water partition coefficient (Wildman–Crippen LogP) is 1.04. The smallest absolute Gasteiger partial charge is 0.354 e. The van der Waals surface area contributed by atoms with Gasteiger partial charge in [0.05, 0.1) is 0 Å². The van der Waals surface area contributed by atoms with Gasteiger partial charge in [-0.25, -0.2) is 18.3 Å². The molecule has 8 heteroatoms. The predicted molar refractivity (Wildman–Crippen MR) is 65.3 cm³/mol. The molecule has 0 spiro atoms. The number of hydrogen-bond donors (Lipinski definition) is 2. The fourth-order valence-corrected chi connectivity index (χ4v) is 2.39. The number of halogens is 1. The highest BCUT2D eigenvalue weighted by Crippen LogP contribution is 2.26. The van der Waals surface area contributed by atoms with Crippen LogP contribution in [0.15, 0.2) is 36.5 Å². The van der Waals surface area contributed by atoms with Gasteiger partial charge in [-0.05, 0) is 23.8 Å². The first-order valence-corrected chi connectivity index (χ1v) is 6.55. The van der Waals surface area contributed by atoms with Crippen LogP contribution in [-0.2, 0) is 10.2 Å². The van der Waals surface area contributed by atoms with Crippen molar-refractivity contribution in [2.75, 3.05) is 0 Å². The molecule has 1 aromatic carbocycles. The van der Waals surface area contributed by atoms with Crippen molar-refractivity contribution in [3.63, 3.8) is 0 Å². The largest absolute Gasteiger partial charge is 0.477 e. The number of benzene rings is 1. The first-order valence-electron chi connectivity index (χ1n) is 5.04. The van der Waals surface area contributed by atoms with Crippen molar-refractivity contribution < 1.29 is 22.7 Å². The van der Waals surface area contributed by atoms with Gasteiger partial charge >= 0.3 is 16.2 Å². The molecule has 0 radical (unpaired) electrons. The van der Waals surface area contributed by atoms with Gasteiger partial charge in [0.1, 0.15) is 5.82 Å². The molecule has 0 aliphatic rings. The lowest BCUT2D eigenvalue weighted by Crippen LogP contribution is -2.24. The number of hydrogen-bond acceptors (Lipinski definition) is 3. The normalized spacial score (nSPS) is 11.5. The molecule has 0 bridgehead atoms. The number of aromatic nitrogens is 1. The van der Waals surface area contributed by atoms with E-state index in [1.807, 2.05) is 0 Å². The van der Waals surface area contributed by atoms with E-state index in [4.69, 9.17) is 10.2 Å². The van der Waals surface area contributed by atoms with Gasteiger partial charge in [-0.2, -0.15) is 8.42 Å². The summed E-state index contributed by atoms with van der Waals surface area (Å²) in [6.45, 7) is 0. The third kappa shape index (κ3) is 2.49. The Morgan fingerprint density at radius 3 is 2.53 bits per heavy atom. The molecular formula is C11H9FN2O4S. The monoisotopic (exact) mass is 284 g/mol. The van der Waals surface area contributed by atoms with Gasteiger partial charge < -0.3 is 5.11 Å². The minimum absolute atomic E-state index is 0.0704. The van der Waals surface area contributed by atoms with Crippen molar-refractivity contribution in [3.05, 3.63) is 48.0 Å². The molecule has 1 heterocycles. The fraction of sp³-hybridized carbons (Fsp3) is 0. The van der Waals surface area contributed by atoms with Crippen molar-refractivity contribution >= 4 is 16.2 Å². The van der Waals surface area contributed by atoms with Crippen LogP contribution in [0.25, 0.3) is 11.1 Å². The van der Waals surface area contributed by atoms with Crippen LogP contribution in [0.3, 0.4) is 0 Å². The molecule has 0 atom stereocenters. The van der Waals surface area contributed by atoms with Gasteiger partial charge in [0, 0.05) is 11.8 Å². The van der Waals surface area contributed by atoms with Crippen LogP contribution in [0.4, 0.5) is 4.39 Å². The molecule has 0 fully saturated rings. The zero-order valence-corrected chi connectivity index (χ0v) is 10.3. The van der Waals surface area contributed by atoms with Crippen LogP contribution in [0, 0.1) is 5.82 Å². The number of nitrogens with zero attached hydrogens (tertiary/aromatic N) is 1. The summed E-state index contributed by atoms with van der Waals surface area (Å²) in [5, 5.41) is 14.0. The Labute approximate surface area is 108 Å². The van der Waals surface area contributed by atoms with Gasteiger partial charge in [-0.15, -0.1) is 0 Å². The van der Waals surface area contributed by atoms with Crippen molar-refractivity contribution in [3.8, 4) is 11.1 Å². The second kappa shape index (κ2) is 4.48. The molecule has 2 aromatic rings. The number of rotatable bonds is 3. The summed E-state index contributed by atoms with van der Waals surface area (Å²) >= 11 is 0. The standard InChI is InChI=1S/C11H9FN2O4S/c12-8-3-1-2-7(6-8)9-4-5-14(19(13,17)18)10(9)11(15)16/h1-6H,(H,15,16)(H2,13,17,18). The van der Waals surface area contributed by atoms with E-state index in [1.54, 1.807) is 0 Å². The topological polar surface area (TPSA) is 102 Å². The third-order valence-corrected chi connectivity index (χ3v) is 3.32. The highest BCUT2D eigenvalue weighted by molar-refractivity contribution is 7.87. The fourth-order valence-electron chi connectivity index (χ4n) is 1.72. The van der Waals surface area contributed by atoms with Crippen molar-refractivity contribution in [2.24, 2.45) is 5.14 Å². The van der Waals surface area contributed by atoms with Gasteiger partial charge in [-0.1, -0.05) is 12.1 Å². The van der Waals surface area contributed by atoms with E-state index >= 15 is 0 Å². The van der Waals surface area contributed by atoms with Crippen molar-refractivity contribution in [1.82, 2.24) is 3.97 Å². The number of carboxylic acids is 1. The first-order chi connectivity index (χ1) is 8.80. The minimum atomic E-state index is -4.23. The highest BCUT2D eigenvalue weighted by Gasteiger charge is 2.22. The molecule has 19 heavy (non-hydrogen) atoms. The van der Waals surface area contributed by atoms with Crippen LogP contribution >= 0.6 is 0 Å². The van der Waals surface area contributed by atoms with Crippen LogP contribution in [0.1, 0.15) is 10.5 Å². The summed E-state index contributed by atoms with van der Waals surface area (Å²) in [5.74, 6) is -2.03.